The molecule has 156 valence electrons. The summed E-state index contributed by atoms with van der Waals surface area (Å²) in [5.74, 6) is 1.07. The maximum Gasteiger partial charge on any atom is 0.225 e. The third-order valence-corrected chi connectivity index (χ3v) is 5.83. The second kappa shape index (κ2) is 9.08. The summed E-state index contributed by atoms with van der Waals surface area (Å²) in [7, 11) is 1.69. The van der Waals surface area contributed by atoms with E-state index >= 15 is 0 Å². The van der Waals surface area contributed by atoms with Gasteiger partial charge in [-0.15, -0.1) is 0 Å². The Bertz CT molecular complexity index is 976. The number of aryl methyl sites for hydroxylation is 1. The number of rotatable bonds is 6. The summed E-state index contributed by atoms with van der Waals surface area (Å²) >= 11 is 0. The lowest BCUT2D eigenvalue weighted by Gasteiger charge is -2.37. The van der Waals surface area contributed by atoms with E-state index in [1.54, 1.807) is 7.11 Å². The summed E-state index contributed by atoms with van der Waals surface area (Å²) in [5.41, 5.74) is 3.53. The Morgan fingerprint density at radius 2 is 1.70 bits per heavy atom. The Balaban J connectivity index is 1.43. The molecule has 0 aliphatic carbocycles. The van der Waals surface area contributed by atoms with Crippen LogP contribution in [-0.4, -0.2) is 48.7 Å². The fourth-order valence-electron chi connectivity index (χ4n) is 4.14. The van der Waals surface area contributed by atoms with Crippen molar-refractivity contribution >= 4 is 11.6 Å². The molecule has 2 heterocycles. The number of piperazine rings is 1. The standard InChI is InChI=1S/C25H29N3O2/c1-20-7-5-8-21(17-20)24(27-11-3-4-12-27)19-25(29)28-15-13-26(14-16-28)22-9-6-10-23(18-22)30-2/h3-12,17-18,24H,13-16,19H2,1-2H3/t24-/m1/s1. The number of carbonyl (C=O) groups excluding carboxylic acids is 1. The molecular formula is C25H29N3O2. The van der Waals surface area contributed by atoms with Crippen LogP contribution < -0.4 is 9.64 Å². The van der Waals surface area contributed by atoms with Gasteiger partial charge in [0.05, 0.1) is 19.6 Å². The van der Waals surface area contributed by atoms with Crippen molar-refractivity contribution in [3.63, 3.8) is 0 Å². The van der Waals surface area contributed by atoms with Gasteiger partial charge in [-0.2, -0.15) is 0 Å². The Kier molecular flexibility index (Phi) is 6.07. The van der Waals surface area contributed by atoms with E-state index in [0.717, 1.165) is 37.6 Å². The molecule has 0 saturated carbocycles. The molecule has 1 aliphatic heterocycles. The molecule has 3 aromatic rings. The quantitative estimate of drug-likeness (QED) is 0.621. The first-order valence-electron chi connectivity index (χ1n) is 10.5. The number of amides is 1. The zero-order valence-corrected chi connectivity index (χ0v) is 17.7. The second-order valence-electron chi connectivity index (χ2n) is 7.83. The minimum atomic E-state index is 0.0174. The first kappa shape index (κ1) is 20.1. The number of nitrogens with zero attached hydrogens (tertiary/aromatic N) is 3. The van der Waals surface area contributed by atoms with Gasteiger partial charge in [-0.3, -0.25) is 4.79 Å². The van der Waals surface area contributed by atoms with E-state index in [1.807, 2.05) is 41.6 Å². The van der Waals surface area contributed by atoms with E-state index in [1.165, 1.54) is 11.1 Å². The number of methoxy groups -OCH3 is 1. The van der Waals surface area contributed by atoms with E-state index in [2.05, 4.69) is 52.8 Å². The Hall–Kier alpha value is -3.21. The SMILES string of the molecule is COc1cccc(N2CCN(C(=O)C[C@H](c3cccc(C)c3)n3cccc3)CC2)c1. The van der Waals surface area contributed by atoms with Gasteiger partial charge in [-0.25, -0.2) is 0 Å². The van der Waals surface area contributed by atoms with Crippen LogP contribution in [0.15, 0.2) is 73.1 Å². The lowest BCUT2D eigenvalue weighted by Crippen LogP contribution is -2.49. The number of carbonyl (C=O) groups is 1. The molecule has 1 atom stereocenters. The van der Waals surface area contributed by atoms with Crippen LogP contribution in [0.1, 0.15) is 23.6 Å². The van der Waals surface area contributed by atoms with Gasteiger partial charge in [0.15, 0.2) is 0 Å². The molecular weight excluding hydrogens is 374 g/mol. The van der Waals surface area contributed by atoms with Crippen LogP contribution in [0, 0.1) is 6.92 Å². The van der Waals surface area contributed by atoms with Crippen LogP contribution in [0.5, 0.6) is 5.75 Å². The van der Waals surface area contributed by atoms with Crippen molar-refractivity contribution in [1.82, 2.24) is 9.47 Å². The molecule has 1 saturated heterocycles. The van der Waals surface area contributed by atoms with E-state index in [-0.39, 0.29) is 11.9 Å². The van der Waals surface area contributed by atoms with Crippen LogP contribution in [0.2, 0.25) is 0 Å². The molecule has 0 unspecified atom stereocenters. The highest BCUT2D eigenvalue weighted by Crippen LogP contribution is 2.26. The second-order valence-corrected chi connectivity index (χ2v) is 7.83. The molecule has 0 bridgehead atoms. The molecule has 0 spiro atoms. The number of ether oxygens (including phenoxy) is 1. The predicted molar refractivity (Wildman–Crippen MR) is 120 cm³/mol. The zero-order chi connectivity index (χ0) is 20.9. The zero-order valence-electron chi connectivity index (χ0n) is 17.7. The summed E-state index contributed by atoms with van der Waals surface area (Å²) < 4.78 is 7.48. The highest BCUT2D eigenvalue weighted by Gasteiger charge is 2.25. The monoisotopic (exact) mass is 403 g/mol. The lowest BCUT2D eigenvalue weighted by molar-refractivity contribution is -0.132. The maximum atomic E-state index is 13.2. The normalized spacial score (nSPS) is 15.1. The highest BCUT2D eigenvalue weighted by molar-refractivity contribution is 5.77. The van der Waals surface area contributed by atoms with Crippen molar-refractivity contribution in [2.45, 2.75) is 19.4 Å². The van der Waals surface area contributed by atoms with Gasteiger partial charge in [-0.1, -0.05) is 35.9 Å². The molecule has 5 heteroatoms. The fraction of sp³-hybridized carbons (Fsp3) is 0.320. The molecule has 0 radical (unpaired) electrons. The van der Waals surface area contributed by atoms with Gasteiger partial charge in [0.1, 0.15) is 5.75 Å². The maximum absolute atomic E-state index is 13.2. The van der Waals surface area contributed by atoms with E-state index < -0.39 is 0 Å². The third-order valence-electron chi connectivity index (χ3n) is 5.83. The van der Waals surface area contributed by atoms with Crippen molar-refractivity contribution in [2.75, 3.05) is 38.2 Å². The number of hydrogen-bond donors (Lipinski definition) is 0. The highest BCUT2D eigenvalue weighted by atomic mass is 16.5. The summed E-state index contributed by atoms with van der Waals surface area (Å²) in [6, 6.07) is 20.6. The lowest BCUT2D eigenvalue weighted by atomic mass is 10.0. The Morgan fingerprint density at radius 1 is 0.967 bits per heavy atom. The van der Waals surface area contributed by atoms with Gasteiger partial charge in [0, 0.05) is 50.3 Å². The summed E-state index contributed by atoms with van der Waals surface area (Å²) in [5, 5.41) is 0. The minimum Gasteiger partial charge on any atom is -0.497 e. The molecule has 1 aliphatic rings. The van der Waals surface area contributed by atoms with Gasteiger partial charge in [0.2, 0.25) is 5.91 Å². The van der Waals surface area contributed by atoms with Crippen LogP contribution in [0.4, 0.5) is 5.69 Å². The molecule has 1 fully saturated rings. The van der Waals surface area contributed by atoms with Gasteiger partial charge in [0.25, 0.3) is 0 Å². The Labute approximate surface area is 178 Å². The van der Waals surface area contributed by atoms with Gasteiger partial charge in [-0.05, 0) is 36.8 Å². The average molecular weight is 404 g/mol. The first-order chi connectivity index (χ1) is 14.6. The fourth-order valence-corrected chi connectivity index (χ4v) is 4.14. The Morgan fingerprint density at radius 3 is 2.40 bits per heavy atom. The van der Waals surface area contributed by atoms with E-state index in [4.69, 9.17) is 4.74 Å². The van der Waals surface area contributed by atoms with Crippen LogP contribution in [0.25, 0.3) is 0 Å². The summed E-state index contributed by atoms with van der Waals surface area (Å²) in [6.07, 6.45) is 4.55. The smallest absolute Gasteiger partial charge is 0.225 e. The van der Waals surface area contributed by atoms with Crippen LogP contribution >= 0.6 is 0 Å². The number of hydrogen-bond acceptors (Lipinski definition) is 3. The van der Waals surface area contributed by atoms with Gasteiger partial charge < -0.3 is 19.1 Å². The number of aromatic nitrogens is 1. The number of anilines is 1. The average Bonchev–Trinajstić information content (AvgIpc) is 3.32. The van der Waals surface area contributed by atoms with Crippen LogP contribution in [0.3, 0.4) is 0 Å². The molecule has 30 heavy (non-hydrogen) atoms. The third kappa shape index (κ3) is 4.51. The largest absolute Gasteiger partial charge is 0.497 e. The van der Waals surface area contributed by atoms with E-state index in [9.17, 15) is 4.79 Å². The van der Waals surface area contributed by atoms with Crippen LogP contribution in [-0.2, 0) is 4.79 Å². The topological polar surface area (TPSA) is 37.7 Å². The van der Waals surface area contributed by atoms with Crippen molar-refractivity contribution in [3.8, 4) is 5.75 Å². The van der Waals surface area contributed by atoms with Crippen molar-refractivity contribution < 1.29 is 9.53 Å². The molecule has 5 nitrogen and oxygen atoms in total. The predicted octanol–water partition coefficient (Wildman–Crippen LogP) is 4.13. The summed E-state index contributed by atoms with van der Waals surface area (Å²) in [4.78, 5) is 17.5. The first-order valence-corrected chi connectivity index (χ1v) is 10.5. The van der Waals surface area contributed by atoms with E-state index in [0.29, 0.717) is 6.42 Å². The van der Waals surface area contributed by atoms with Crippen molar-refractivity contribution in [3.05, 3.63) is 84.2 Å². The number of benzene rings is 2. The van der Waals surface area contributed by atoms with Crippen molar-refractivity contribution in [1.29, 1.82) is 0 Å². The molecule has 2 aromatic carbocycles. The minimum absolute atomic E-state index is 0.0174. The molecule has 1 amide bonds. The molecule has 4 rings (SSSR count). The molecule has 1 aromatic heterocycles. The van der Waals surface area contributed by atoms with Crippen molar-refractivity contribution in [2.24, 2.45) is 0 Å². The van der Waals surface area contributed by atoms with Gasteiger partial charge >= 0.3 is 0 Å². The molecule has 0 N–H and O–H groups in total. The summed E-state index contributed by atoms with van der Waals surface area (Å²) in [6.45, 7) is 5.23.